The van der Waals surface area contributed by atoms with Crippen LogP contribution in [0.25, 0.3) is 0 Å². The maximum absolute atomic E-state index is 13.1. The third kappa shape index (κ3) is 3.77. The number of aromatic nitrogens is 1. The van der Waals surface area contributed by atoms with Crippen LogP contribution >= 0.6 is 11.3 Å². The second-order valence-corrected chi connectivity index (χ2v) is 10.6. The van der Waals surface area contributed by atoms with E-state index in [1.807, 2.05) is 0 Å². The van der Waals surface area contributed by atoms with Crippen LogP contribution in [0.4, 0.5) is 5.13 Å². The van der Waals surface area contributed by atoms with E-state index in [4.69, 9.17) is 21.0 Å². The summed E-state index contributed by atoms with van der Waals surface area (Å²) in [4.78, 5) is 71.2. The van der Waals surface area contributed by atoms with Gasteiger partial charge in [0.05, 0.1) is 18.4 Å². The number of carboxylic acids is 1. The molecule has 0 radical (unpaired) electrons. The molecule has 36 heavy (non-hydrogen) atoms. The van der Waals surface area contributed by atoms with E-state index >= 15 is 0 Å². The highest BCUT2D eigenvalue weighted by Crippen LogP contribution is 2.49. The molecule has 1 aromatic rings. The van der Waals surface area contributed by atoms with Crippen molar-refractivity contribution in [1.29, 1.82) is 0 Å². The van der Waals surface area contributed by atoms with Gasteiger partial charge in [0.15, 0.2) is 10.8 Å². The molecule has 4 heterocycles. The molecule has 194 valence electrons. The van der Waals surface area contributed by atoms with Crippen LogP contribution in [0.2, 0.25) is 0 Å². The fourth-order valence-electron chi connectivity index (χ4n) is 4.21. The number of carbonyl (C=O) groups excluding carboxylic acids is 4. The SMILES string of the molecule is CC1C(=O)OC2(C(=O)O)C1CS(=O)C1C(NC(=O)/C(=N\OC(CO)C(N)=O)c3csc(N)n3)C(=O)N12. The Balaban J connectivity index is 1.61. The number of hydrogen-bond acceptors (Lipinski definition) is 13. The Bertz CT molecular complexity index is 1220. The molecular weight excluding hydrogens is 524 g/mol. The topological polar surface area (TPSA) is 254 Å². The molecule has 0 bridgehead atoms. The van der Waals surface area contributed by atoms with Gasteiger partial charge in [-0.25, -0.2) is 9.78 Å². The first-order valence-electron chi connectivity index (χ1n) is 10.3. The molecule has 0 aromatic carbocycles. The van der Waals surface area contributed by atoms with Crippen LogP contribution in [0.5, 0.6) is 0 Å². The molecule has 7 unspecified atom stereocenters. The van der Waals surface area contributed by atoms with E-state index in [9.17, 15) is 38.4 Å². The van der Waals surface area contributed by atoms with Crippen LogP contribution in [-0.2, 0) is 44.3 Å². The average molecular weight is 545 g/mol. The number of thiazole rings is 1. The number of β-lactam (4-membered cyclic amide) rings is 1. The van der Waals surface area contributed by atoms with Crippen LogP contribution in [0.3, 0.4) is 0 Å². The number of amides is 3. The fraction of sp³-hybridized carbons (Fsp3) is 0.500. The third-order valence-corrected chi connectivity index (χ3v) is 8.46. The number of anilines is 1. The minimum Gasteiger partial charge on any atom is -0.477 e. The number of nitrogens with zero attached hydrogens (tertiary/aromatic N) is 3. The molecule has 3 amide bonds. The molecule has 0 aliphatic carbocycles. The summed E-state index contributed by atoms with van der Waals surface area (Å²) in [7, 11) is -1.86. The van der Waals surface area contributed by atoms with Crippen molar-refractivity contribution in [1.82, 2.24) is 15.2 Å². The number of esters is 1. The molecule has 18 heteroatoms. The number of carboxylic acid groups (broad SMARTS) is 1. The molecule has 0 spiro atoms. The molecule has 3 aliphatic rings. The van der Waals surface area contributed by atoms with Crippen molar-refractivity contribution in [3.63, 3.8) is 0 Å². The number of aliphatic hydroxyl groups excluding tert-OH is 1. The van der Waals surface area contributed by atoms with Gasteiger partial charge in [-0.15, -0.1) is 11.3 Å². The highest BCUT2D eigenvalue weighted by atomic mass is 32.2. The summed E-state index contributed by atoms with van der Waals surface area (Å²) in [5.41, 5.74) is 7.67. The first kappa shape index (κ1) is 25.5. The molecule has 7 atom stereocenters. The Kier molecular flexibility index (Phi) is 6.43. The Labute approximate surface area is 208 Å². The summed E-state index contributed by atoms with van der Waals surface area (Å²) in [5.74, 6) is -7.75. The zero-order chi connectivity index (χ0) is 26.5. The Morgan fingerprint density at radius 2 is 2.17 bits per heavy atom. The average Bonchev–Trinajstić information content (AvgIpc) is 3.35. The number of nitrogens with two attached hydrogens (primary N) is 2. The van der Waals surface area contributed by atoms with Crippen molar-refractivity contribution in [2.24, 2.45) is 22.7 Å². The van der Waals surface area contributed by atoms with Gasteiger partial charge in [-0.05, 0) is 0 Å². The lowest BCUT2D eigenvalue weighted by Crippen LogP contribution is -2.83. The van der Waals surface area contributed by atoms with Gasteiger partial charge in [0.1, 0.15) is 17.1 Å². The third-order valence-electron chi connectivity index (χ3n) is 6.08. The normalized spacial score (nSPS) is 32.0. The minimum absolute atomic E-state index is 0.0463. The predicted molar refractivity (Wildman–Crippen MR) is 119 cm³/mol. The number of primary amides is 1. The standard InChI is InChI=1S/C18H20N6O10S2/c1-5-6-4-36(32)14-10(13(28)24(14)18(6,16(30)31)33-15(5)29)22-12(27)9(7-3-35-17(20)21-7)23-34-8(2-25)11(19)26/h3,5-6,8,10,14,25H,2,4H2,1H3,(H2,19,26)(H2,20,21)(H,22,27)(H,30,31)/b23-9-. The number of rotatable bonds is 8. The number of hydrogen-bond donors (Lipinski definition) is 5. The van der Waals surface area contributed by atoms with Crippen LogP contribution in [-0.4, -0.2) is 95.3 Å². The maximum atomic E-state index is 13.1. The van der Waals surface area contributed by atoms with Gasteiger partial charge in [0.2, 0.25) is 6.10 Å². The van der Waals surface area contributed by atoms with E-state index in [0.717, 1.165) is 16.2 Å². The maximum Gasteiger partial charge on any atom is 0.370 e. The zero-order valence-electron chi connectivity index (χ0n) is 18.4. The lowest BCUT2D eigenvalue weighted by molar-refractivity contribution is -0.216. The molecule has 1 aromatic heterocycles. The van der Waals surface area contributed by atoms with Gasteiger partial charge in [-0.3, -0.25) is 28.3 Å². The lowest BCUT2D eigenvalue weighted by Gasteiger charge is -2.56. The number of aliphatic carboxylic acids is 1. The number of aliphatic hydroxyl groups is 1. The molecule has 4 rings (SSSR count). The highest BCUT2D eigenvalue weighted by Gasteiger charge is 2.74. The van der Waals surface area contributed by atoms with Crippen molar-refractivity contribution in [3.8, 4) is 0 Å². The number of nitrogens with one attached hydrogen (secondary N) is 1. The second-order valence-electron chi connectivity index (χ2n) is 8.11. The van der Waals surface area contributed by atoms with E-state index in [2.05, 4.69) is 15.5 Å². The summed E-state index contributed by atoms with van der Waals surface area (Å²) in [6.45, 7) is 0.576. The predicted octanol–water partition coefficient (Wildman–Crippen LogP) is -3.70. The summed E-state index contributed by atoms with van der Waals surface area (Å²) in [6, 6.07) is -1.46. The van der Waals surface area contributed by atoms with E-state index < -0.39 is 87.9 Å². The Hall–Kier alpha value is -3.64. The van der Waals surface area contributed by atoms with Crippen LogP contribution in [0, 0.1) is 11.8 Å². The number of oxime groups is 1. The molecular formula is C18H20N6O10S2. The van der Waals surface area contributed by atoms with Gasteiger partial charge in [-0.1, -0.05) is 12.1 Å². The Morgan fingerprint density at radius 3 is 2.72 bits per heavy atom. The lowest BCUT2D eigenvalue weighted by atomic mass is 9.84. The van der Waals surface area contributed by atoms with Gasteiger partial charge in [0, 0.05) is 21.9 Å². The van der Waals surface area contributed by atoms with E-state index in [1.165, 1.54) is 12.3 Å². The molecule has 3 saturated heterocycles. The summed E-state index contributed by atoms with van der Waals surface area (Å²) in [5, 5.41) is 25.0. The van der Waals surface area contributed by atoms with Crippen molar-refractivity contribution < 1.29 is 48.0 Å². The highest BCUT2D eigenvalue weighted by molar-refractivity contribution is 7.85. The first-order valence-corrected chi connectivity index (χ1v) is 12.5. The monoisotopic (exact) mass is 544 g/mol. The first-order chi connectivity index (χ1) is 16.9. The van der Waals surface area contributed by atoms with E-state index in [1.54, 1.807) is 0 Å². The van der Waals surface area contributed by atoms with Crippen molar-refractivity contribution in [3.05, 3.63) is 11.1 Å². The second kappa shape index (κ2) is 9.10. The summed E-state index contributed by atoms with van der Waals surface area (Å²) < 4.78 is 18.1. The Morgan fingerprint density at radius 1 is 1.47 bits per heavy atom. The van der Waals surface area contributed by atoms with Crippen molar-refractivity contribution in [2.45, 2.75) is 30.2 Å². The zero-order valence-corrected chi connectivity index (χ0v) is 20.0. The van der Waals surface area contributed by atoms with Gasteiger partial charge >= 0.3 is 11.9 Å². The molecule has 3 aliphatic heterocycles. The van der Waals surface area contributed by atoms with E-state index in [-0.39, 0.29) is 16.6 Å². The fourth-order valence-corrected chi connectivity index (χ4v) is 6.81. The number of ether oxygens (including phenoxy) is 1. The molecule has 16 nitrogen and oxygen atoms in total. The van der Waals surface area contributed by atoms with Gasteiger partial charge in [0.25, 0.3) is 23.4 Å². The smallest absolute Gasteiger partial charge is 0.370 e. The van der Waals surface area contributed by atoms with Crippen LogP contribution < -0.4 is 16.8 Å². The minimum atomic E-state index is -2.34. The largest absolute Gasteiger partial charge is 0.477 e. The van der Waals surface area contributed by atoms with E-state index in [0.29, 0.717) is 0 Å². The van der Waals surface area contributed by atoms with Gasteiger partial charge in [-0.2, -0.15) is 0 Å². The molecule has 7 N–H and O–H groups in total. The summed E-state index contributed by atoms with van der Waals surface area (Å²) in [6.07, 6.45) is -1.60. The van der Waals surface area contributed by atoms with Crippen LogP contribution in [0.1, 0.15) is 12.6 Å². The van der Waals surface area contributed by atoms with Crippen molar-refractivity contribution >= 4 is 62.6 Å². The quantitative estimate of drug-likeness (QED) is 0.0917. The van der Waals surface area contributed by atoms with Crippen molar-refractivity contribution in [2.75, 3.05) is 18.1 Å². The summed E-state index contributed by atoms with van der Waals surface area (Å²) >= 11 is 0.939. The van der Waals surface area contributed by atoms with Crippen LogP contribution in [0.15, 0.2) is 10.5 Å². The molecule has 3 fully saturated rings. The number of nitrogen functional groups attached to an aromatic ring is 1. The molecule has 0 saturated carbocycles. The van der Waals surface area contributed by atoms with Gasteiger partial charge < -0.3 is 36.6 Å². The number of fused-ring (bicyclic) bond motifs is 3. The number of carbonyl (C=O) groups is 5.